The maximum Gasteiger partial charge on any atom is 0.243 e. The van der Waals surface area contributed by atoms with Crippen molar-refractivity contribution in [3.63, 3.8) is 0 Å². The van der Waals surface area contributed by atoms with Crippen LogP contribution in [0.4, 0.5) is 5.69 Å². The van der Waals surface area contributed by atoms with Crippen molar-refractivity contribution in [1.82, 2.24) is 9.21 Å². The van der Waals surface area contributed by atoms with Gasteiger partial charge in [0.2, 0.25) is 15.9 Å². The molecule has 0 heterocycles. The number of rotatable bonds is 11. The monoisotopic (exact) mass is 481 g/mol. The molecular weight excluding hydrogens is 450 g/mol. The Morgan fingerprint density at radius 2 is 1.50 bits per heavy atom. The van der Waals surface area contributed by atoms with Gasteiger partial charge in [0.15, 0.2) is 0 Å². The molecule has 1 N–H and O–H groups in total. The van der Waals surface area contributed by atoms with Gasteiger partial charge < -0.3 is 10.1 Å². The molecule has 1 amide bonds. The predicted octanol–water partition coefficient (Wildman–Crippen LogP) is 3.98. The van der Waals surface area contributed by atoms with Gasteiger partial charge in [0.1, 0.15) is 5.75 Å². The highest BCUT2D eigenvalue weighted by Gasteiger charge is 2.21. The second kappa shape index (κ2) is 11.8. The summed E-state index contributed by atoms with van der Waals surface area (Å²) in [5.41, 5.74) is 2.55. The van der Waals surface area contributed by atoms with Gasteiger partial charge in [-0.05, 0) is 54.1 Å². The first-order valence-corrected chi connectivity index (χ1v) is 12.5. The number of hydrogen-bond donors (Lipinski definition) is 1. The second-order valence-electron chi connectivity index (χ2n) is 7.97. The molecule has 7 nitrogen and oxygen atoms in total. The third-order valence-electron chi connectivity index (χ3n) is 5.47. The van der Waals surface area contributed by atoms with E-state index in [1.807, 2.05) is 66.4 Å². The number of likely N-dealkylation sites (N-methyl/N-ethyl adjacent to an activating group) is 1. The number of ether oxygens (including phenoxy) is 1. The maximum absolute atomic E-state index is 12.9. The van der Waals surface area contributed by atoms with Crippen LogP contribution in [0.2, 0.25) is 0 Å². The summed E-state index contributed by atoms with van der Waals surface area (Å²) in [7, 11) is -0.458. The van der Waals surface area contributed by atoms with E-state index in [4.69, 9.17) is 4.74 Å². The fourth-order valence-corrected chi connectivity index (χ4v) is 4.65. The van der Waals surface area contributed by atoms with Crippen LogP contribution in [0.5, 0.6) is 5.75 Å². The lowest BCUT2D eigenvalue weighted by Crippen LogP contribution is -2.32. The number of methoxy groups -OCH3 is 1. The maximum atomic E-state index is 12.9. The van der Waals surface area contributed by atoms with Gasteiger partial charge in [-0.1, -0.05) is 49.4 Å². The van der Waals surface area contributed by atoms with E-state index >= 15 is 0 Å². The fraction of sp³-hybridized carbons (Fsp3) is 0.269. The second-order valence-corrected chi connectivity index (χ2v) is 10.0. The molecule has 0 atom stereocenters. The molecule has 0 radical (unpaired) electrons. The van der Waals surface area contributed by atoms with Crippen molar-refractivity contribution in [2.24, 2.45) is 0 Å². The standard InChI is InChI=1S/C26H31N3O4S/c1-4-29(19-22-10-14-24(33-3)15-11-22)20-26(30)27-23-12-16-25(17-13-23)34(31,32)28(2)18-21-8-6-5-7-9-21/h5-17H,4,18-20H2,1-3H3,(H,27,30). The highest BCUT2D eigenvalue weighted by Crippen LogP contribution is 2.19. The zero-order valence-corrected chi connectivity index (χ0v) is 20.6. The molecule has 0 bridgehead atoms. The molecule has 0 aliphatic carbocycles. The number of carbonyl (C=O) groups is 1. The largest absolute Gasteiger partial charge is 0.497 e. The predicted molar refractivity (Wildman–Crippen MR) is 134 cm³/mol. The van der Waals surface area contributed by atoms with Crippen LogP contribution >= 0.6 is 0 Å². The summed E-state index contributed by atoms with van der Waals surface area (Å²) in [5, 5.41) is 2.85. The van der Waals surface area contributed by atoms with Crippen LogP contribution in [-0.4, -0.2) is 50.8 Å². The number of nitrogens with one attached hydrogen (secondary N) is 1. The first-order chi connectivity index (χ1) is 16.3. The SMILES string of the molecule is CCN(CC(=O)Nc1ccc(S(=O)(=O)N(C)Cc2ccccc2)cc1)Cc1ccc(OC)cc1. The van der Waals surface area contributed by atoms with E-state index in [2.05, 4.69) is 5.32 Å². The lowest BCUT2D eigenvalue weighted by atomic mass is 10.2. The Balaban J connectivity index is 1.57. The van der Waals surface area contributed by atoms with Crippen LogP contribution in [0.25, 0.3) is 0 Å². The van der Waals surface area contributed by atoms with Gasteiger partial charge in [-0.3, -0.25) is 9.69 Å². The quantitative estimate of drug-likeness (QED) is 0.448. The highest BCUT2D eigenvalue weighted by molar-refractivity contribution is 7.89. The minimum Gasteiger partial charge on any atom is -0.497 e. The zero-order chi connectivity index (χ0) is 24.6. The van der Waals surface area contributed by atoms with Crippen LogP contribution < -0.4 is 10.1 Å². The van der Waals surface area contributed by atoms with Crippen molar-refractivity contribution < 1.29 is 17.9 Å². The fourth-order valence-electron chi connectivity index (χ4n) is 3.49. The van der Waals surface area contributed by atoms with Crippen molar-refractivity contribution in [1.29, 1.82) is 0 Å². The lowest BCUT2D eigenvalue weighted by molar-refractivity contribution is -0.117. The first-order valence-electron chi connectivity index (χ1n) is 11.1. The summed E-state index contributed by atoms with van der Waals surface area (Å²) in [6, 6.07) is 23.4. The van der Waals surface area contributed by atoms with Gasteiger partial charge in [-0.25, -0.2) is 8.42 Å². The van der Waals surface area contributed by atoms with E-state index in [0.717, 1.165) is 16.9 Å². The van der Waals surface area contributed by atoms with Gasteiger partial charge in [0, 0.05) is 25.8 Å². The van der Waals surface area contributed by atoms with Gasteiger partial charge in [-0.15, -0.1) is 0 Å². The lowest BCUT2D eigenvalue weighted by Gasteiger charge is -2.20. The van der Waals surface area contributed by atoms with Gasteiger partial charge in [0.05, 0.1) is 18.6 Å². The van der Waals surface area contributed by atoms with E-state index in [-0.39, 0.29) is 23.9 Å². The van der Waals surface area contributed by atoms with Crippen molar-refractivity contribution >= 4 is 21.6 Å². The number of sulfonamides is 1. The zero-order valence-electron chi connectivity index (χ0n) is 19.8. The molecule has 0 spiro atoms. The van der Waals surface area contributed by atoms with Crippen LogP contribution in [0.3, 0.4) is 0 Å². The summed E-state index contributed by atoms with van der Waals surface area (Å²) in [6.45, 7) is 3.86. The van der Waals surface area contributed by atoms with Crippen molar-refractivity contribution in [2.45, 2.75) is 24.9 Å². The van der Waals surface area contributed by atoms with E-state index in [1.165, 1.54) is 16.4 Å². The Morgan fingerprint density at radius 3 is 2.09 bits per heavy atom. The molecule has 0 fully saturated rings. The molecule has 34 heavy (non-hydrogen) atoms. The minimum atomic E-state index is -3.64. The molecule has 0 aromatic heterocycles. The van der Waals surface area contributed by atoms with Gasteiger partial charge >= 0.3 is 0 Å². The summed E-state index contributed by atoms with van der Waals surface area (Å²) in [5.74, 6) is 0.633. The third-order valence-corrected chi connectivity index (χ3v) is 7.29. The number of carbonyl (C=O) groups excluding carboxylic acids is 1. The van der Waals surface area contributed by atoms with E-state index in [0.29, 0.717) is 18.8 Å². The van der Waals surface area contributed by atoms with Crippen molar-refractivity contribution in [3.05, 3.63) is 90.0 Å². The van der Waals surface area contributed by atoms with Crippen LogP contribution in [0.15, 0.2) is 83.8 Å². The van der Waals surface area contributed by atoms with E-state index in [1.54, 1.807) is 26.3 Å². The molecule has 3 rings (SSSR count). The summed E-state index contributed by atoms with van der Waals surface area (Å²) >= 11 is 0. The minimum absolute atomic E-state index is 0.160. The summed E-state index contributed by atoms with van der Waals surface area (Å²) in [6.07, 6.45) is 0. The molecule has 0 saturated heterocycles. The topological polar surface area (TPSA) is 79.0 Å². The van der Waals surface area contributed by atoms with Gasteiger partial charge in [0.25, 0.3) is 0 Å². The summed E-state index contributed by atoms with van der Waals surface area (Å²) in [4.78, 5) is 14.8. The molecule has 0 aliphatic rings. The van der Waals surface area contributed by atoms with Crippen molar-refractivity contribution in [2.75, 3.05) is 32.6 Å². The van der Waals surface area contributed by atoms with Crippen LogP contribution in [0, 0.1) is 0 Å². The number of amides is 1. The normalized spacial score (nSPS) is 11.6. The Hall–Kier alpha value is -3.20. The number of anilines is 1. The molecular formula is C26H31N3O4S. The highest BCUT2D eigenvalue weighted by atomic mass is 32.2. The molecule has 0 unspecified atom stereocenters. The third kappa shape index (κ3) is 6.90. The smallest absolute Gasteiger partial charge is 0.243 e. The molecule has 8 heteroatoms. The number of nitrogens with zero attached hydrogens (tertiary/aromatic N) is 2. The Morgan fingerprint density at radius 1 is 0.882 bits per heavy atom. The molecule has 0 aliphatic heterocycles. The molecule has 180 valence electrons. The van der Waals surface area contributed by atoms with E-state index < -0.39 is 10.0 Å². The van der Waals surface area contributed by atoms with Crippen LogP contribution in [-0.2, 0) is 27.9 Å². The average molecular weight is 482 g/mol. The summed E-state index contributed by atoms with van der Waals surface area (Å²) < 4.78 is 32.3. The molecule has 3 aromatic carbocycles. The Bertz CT molecular complexity index is 1160. The Kier molecular flexibility index (Phi) is 8.81. The number of benzene rings is 3. The number of hydrogen-bond acceptors (Lipinski definition) is 5. The molecule has 0 saturated carbocycles. The average Bonchev–Trinajstić information content (AvgIpc) is 2.85. The van der Waals surface area contributed by atoms with E-state index in [9.17, 15) is 13.2 Å². The van der Waals surface area contributed by atoms with Crippen LogP contribution in [0.1, 0.15) is 18.1 Å². The first kappa shape index (κ1) is 25.4. The van der Waals surface area contributed by atoms with Gasteiger partial charge in [-0.2, -0.15) is 4.31 Å². The Labute approximate surface area is 202 Å². The van der Waals surface area contributed by atoms with Crippen molar-refractivity contribution in [3.8, 4) is 5.75 Å². The molecule has 3 aromatic rings.